The van der Waals surface area contributed by atoms with Gasteiger partial charge in [0, 0.05) is 37.3 Å². The molecule has 0 saturated carbocycles. The second kappa shape index (κ2) is 7.31. The lowest BCUT2D eigenvalue weighted by molar-refractivity contribution is -0.118. The average Bonchev–Trinajstić information content (AvgIpc) is 2.51. The summed E-state index contributed by atoms with van der Waals surface area (Å²) in [5.74, 6) is -1.58. The predicted octanol–water partition coefficient (Wildman–Crippen LogP) is 1.74. The summed E-state index contributed by atoms with van der Waals surface area (Å²) in [4.78, 5) is 28.4. The Morgan fingerprint density at radius 1 is 1.18 bits per heavy atom. The van der Waals surface area contributed by atoms with Crippen LogP contribution in [0, 0.1) is 5.95 Å². The molecule has 0 unspecified atom stereocenters. The van der Waals surface area contributed by atoms with Crippen LogP contribution in [-0.4, -0.2) is 28.2 Å². The van der Waals surface area contributed by atoms with Crippen molar-refractivity contribution in [2.45, 2.75) is 13.0 Å². The summed E-state index contributed by atoms with van der Waals surface area (Å²) in [5.41, 5.74) is 6.25. The fourth-order valence-corrected chi connectivity index (χ4v) is 2.02. The first-order chi connectivity index (χ1) is 10.6. The van der Waals surface area contributed by atoms with Gasteiger partial charge < -0.3 is 10.6 Å². The number of halogens is 1. The zero-order valence-corrected chi connectivity index (χ0v) is 11.9. The van der Waals surface area contributed by atoms with Gasteiger partial charge in [-0.05, 0) is 11.6 Å². The Labute approximate surface area is 127 Å². The summed E-state index contributed by atoms with van der Waals surface area (Å²) < 4.78 is 13.2. The molecule has 0 saturated heterocycles. The summed E-state index contributed by atoms with van der Waals surface area (Å²) >= 11 is 0. The van der Waals surface area contributed by atoms with Gasteiger partial charge >= 0.3 is 0 Å². The maximum atomic E-state index is 13.2. The van der Waals surface area contributed by atoms with Crippen molar-refractivity contribution >= 4 is 11.8 Å². The minimum Gasteiger partial charge on any atom is -0.370 e. The van der Waals surface area contributed by atoms with Gasteiger partial charge in [0.2, 0.25) is 11.9 Å². The number of nitrogens with zero attached hydrogens (tertiary/aromatic N) is 2. The van der Waals surface area contributed by atoms with Crippen molar-refractivity contribution in [2.75, 3.05) is 6.54 Å². The Morgan fingerprint density at radius 2 is 1.91 bits per heavy atom. The molecule has 0 aliphatic heterocycles. The van der Waals surface area contributed by atoms with Gasteiger partial charge in [-0.25, -0.2) is 4.98 Å². The Morgan fingerprint density at radius 3 is 2.55 bits per heavy atom. The molecule has 22 heavy (non-hydrogen) atoms. The topological polar surface area (TPSA) is 76.3 Å². The molecule has 2 N–H and O–H groups in total. The lowest BCUT2D eigenvalue weighted by atomic mass is 10.1. The Hall–Kier alpha value is -2.76. The van der Waals surface area contributed by atoms with Crippen LogP contribution < -0.4 is 5.73 Å². The van der Waals surface area contributed by atoms with Crippen molar-refractivity contribution < 1.29 is 14.0 Å². The first-order valence-corrected chi connectivity index (χ1v) is 6.79. The fraction of sp³-hybridized carbons (Fsp3) is 0.188. The lowest BCUT2D eigenvalue weighted by Gasteiger charge is -2.22. The third kappa shape index (κ3) is 4.37. The minimum absolute atomic E-state index is 0.0478. The van der Waals surface area contributed by atoms with Crippen molar-refractivity contribution in [3.8, 4) is 0 Å². The minimum atomic E-state index is -0.722. The van der Waals surface area contributed by atoms with Crippen LogP contribution >= 0.6 is 0 Å². The van der Waals surface area contributed by atoms with Crippen LogP contribution in [-0.2, 0) is 11.3 Å². The van der Waals surface area contributed by atoms with E-state index in [0.717, 1.165) is 11.6 Å². The molecule has 5 nitrogen and oxygen atoms in total. The fourth-order valence-electron chi connectivity index (χ4n) is 2.02. The first kappa shape index (κ1) is 15.6. The van der Waals surface area contributed by atoms with E-state index < -0.39 is 11.9 Å². The van der Waals surface area contributed by atoms with E-state index in [1.807, 2.05) is 30.3 Å². The maximum Gasteiger partial charge on any atom is 0.254 e. The maximum absolute atomic E-state index is 13.2. The molecule has 6 heteroatoms. The molecule has 1 heterocycles. The monoisotopic (exact) mass is 301 g/mol. The van der Waals surface area contributed by atoms with E-state index in [1.165, 1.54) is 17.2 Å². The molecule has 1 aromatic heterocycles. The van der Waals surface area contributed by atoms with Crippen molar-refractivity contribution in [3.63, 3.8) is 0 Å². The predicted molar refractivity (Wildman–Crippen MR) is 79.2 cm³/mol. The average molecular weight is 301 g/mol. The third-order valence-corrected chi connectivity index (χ3v) is 3.11. The van der Waals surface area contributed by atoms with E-state index in [2.05, 4.69) is 4.98 Å². The molecular formula is C16H16FN3O2. The largest absolute Gasteiger partial charge is 0.370 e. The second-order valence-electron chi connectivity index (χ2n) is 4.80. The number of rotatable bonds is 6. The van der Waals surface area contributed by atoms with Crippen molar-refractivity contribution in [1.29, 1.82) is 0 Å². The van der Waals surface area contributed by atoms with Crippen molar-refractivity contribution in [2.24, 2.45) is 5.73 Å². The van der Waals surface area contributed by atoms with E-state index in [4.69, 9.17) is 5.73 Å². The molecule has 0 radical (unpaired) electrons. The number of carbonyl (C=O) groups is 2. The van der Waals surface area contributed by atoms with E-state index >= 15 is 0 Å². The quantitative estimate of drug-likeness (QED) is 0.826. The zero-order valence-electron chi connectivity index (χ0n) is 11.9. The zero-order chi connectivity index (χ0) is 15.9. The second-order valence-corrected chi connectivity index (χ2v) is 4.80. The molecule has 0 aliphatic carbocycles. The molecule has 114 valence electrons. The van der Waals surface area contributed by atoms with Crippen molar-refractivity contribution in [3.05, 3.63) is 65.7 Å². The highest BCUT2D eigenvalue weighted by atomic mass is 19.1. The molecule has 2 rings (SSSR count). The number of pyridine rings is 1. The van der Waals surface area contributed by atoms with Gasteiger partial charge in [0.05, 0.1) is 0 Å². The van der Waals surface area contributed by atoms with Gasteiger partial charge in [-0.2, -0.15) is 4.39 Å². The highest BCUT2D eigenvalue weighted by Gasteiger charge is 2.17. The van der Waals surface area contributed by atoms with Crippen LogP contribution in [0.25, 0.3) is 0 Å². The first-order valence-electron chi connectivity index (χ1n) is 6.79. The van der Waals surface area contributed by atoms with Gasteiger partial charge in [-0.3, -0.25) is 9.59 Å². The summed E-state index contributed by atoms with van der Waals surface area (Å²) in [5, 5.41) is 0. The van der Waals surface area contributed by atoms with E-state index in [0.29, 0.717) is 6.54 Å². The van der Waals surface area contributed by atoms with Gasteiger partial charge in [0.15, 0.2) is 0 Å². The van der Waals surface area contributed by atoms with E-state index in [-0.39, 0.29) is 24.4 Å². The highest BCUT2D eigenvalue weighted by Crippen LogP contribution is 2.11. The van der Waals surface area contributed by atoms with Gasteiger partial charge in [0.1, 0.15) is 0 Å². The Kier molecular flexibility index (Phi) is 5.19. The lowest BCUT2D eigenvalue weighted by Crippen LogP contribution is -2.33. The molecule has 0 fully saturated rings. The van der Waals surface area contributed by atoms with Crippen LogP contribution in [0.2, 0.25) is 0 Å². The van der Waals surface area contributed by atoms with Crippen LogP contribution in [0.3, 0.4) is 0 Å². The molecular weight excluding hydrogens is 285 g/mol. The SMILES string of the molecule is NC(=O)CCN(Cc1ccccc1)C(=O)c1ccnc(F)c1. The molecule has 0 aliphatic rings. The van der Waals surface area contributed by atoms with Crippen molar-refractivity contribution in [1.82, 2.24) is 9.88 Å². The normalized spacial score (nSPS) is 10.2. The molecule has 1 aromatic carbocycles. The number of carbonyl (C=O) groups excluding carboxylic acids is 2. The van der Waals surface area contributed by atoms with Gasteiger partial charge in [-0.1, -0.05) is 30.3 Å². The smallest absolute Gasteiger partial charge is 0.254 e. The van der Waals surface area contributed by atoms with Gasteiger partial charge in [0.25, 0.3) is 5.91 Å². The van der Waals surface area contributed by atoms with Gasteiger partial charge in [-0.15, -0.1) is 0 Å². The highest BCUT2D eigenvalue weighted by molar-refractivity contribution is 5.94. The third-order valence-electron chi connectivity index (χ3n) is 3.11. The van der Waals surface area contributed by atoms with Crippen LogP contribution in [0.15, 0.2) is 48.7 Å². The summed E-state index contributed by atoms with van der Waals surface area (Å²) in [7, 11) is 0. The number of primary amides is 1. The number of aromatic nitrogens is 1. The molecule has 0 bridgehead atoms. The van der Waals surface area contributed by atoms with Crippen LogP contribution in [0.1, 0.15) is 22.3 Å². The standard InChI is InChI=1S/C16H16FN3O2/c17-14-10-13(6-8-19-14)16(22)20(9-7-15(18)21)11-12-4-2-1-3-5-12/h1-6,8,10H,7,9,11H2,(H2,18,21). The number of amides is 2. The summed E-state index contributed by atoms with van der Waals surface area (Å²) in [6, 6.07) is 11.8. The molecule has 0 spiro atoms. The number of hydrogen-bond acceptors (Lipinski definition) is 3. The Bertz CT molecular complexity index is 661. The van der Waals surface area contributed by atoms with Crippen LogP contribution in [0.5, 0.6) is 0 Å². The molecule has 0 atom stereocenters. The summed E-state index contributed by atoms with van der Waals surface area (Å²) in [6.45, 7) is 0.490. The van der Waals surface area contributed by atoms with E-state index in [1.54, 1.807) is 0 Å². The number of hydrogen-bond donors (Lipinski definition) is 1. The summed E-state index contributed by atoms with van der Waals surface area (Å²) in [6.07, 6.45) is 1.28. The molecule has 2 aromatic rings. The molecule has 2 amide bonds. The number of benzene rings is 1. The van der Waals surface area contributed by atoms with Crippen LogP contribution in [0.4, 0.5) is 4.39 Å². The van der Waals surface area contributed by atoms with E-state index in [9.17, 15) is 14.0 Å². The Balaban J connectivity index is 2.19. The number of nitrogens with two attached hydrogens (primary N) is 1.